The van der Waals surface area contributed by atoms with Gasteiger partial charge in [-0.25, -0.2) is 4.39 Å². The number of nitrogens with one attached hydrogen (secondary N) is 1. The third-order valence-electron chi connectivity index (χ3n) is 2.44. The molecule has 0 heterocycles. The molecule has 0 fully saturated rings. The van der Waals surface area contributed by atoms with Gasteiger partial charge in [0, 0.05) is 12.1 Å². The summed E-state index contributed by atoms with van der Waals surface area (Å²) in [7, 11) is 0. The summed E-state index contributed by atoms with van der Waals surface area (Å²) in [6.07, 6.45) is 2.99. The van der Waals surface area contributed by atoms with Crippen LogP contribution in [0.4, 0.5) is 10.1 Å². The topological polar surface area (TPSA) is 49.3 Å². The molecule has 4 heteroatoms. The van der Waals surface area contributed by atoms with Crippen molar-refractivity contribution in [3.05, 3.63) is 66.0 Å². The van der Waals surface area contributed by atoms with Gasteiger partial charge in [-0.05, 0) is 23.8 Å². The van der Waals surface area contributed by atoms with Crippen molar-refractivity contribution in [1.82, 2.24) is 0 Å². The summed E-state index contributed by atoms with van der Waals surface area (Å²) < 4.78 is 12.8. The lowest BCUT2D eigenvalue weighted by Crippen LogP contribution is -2.07. The van der Waals surface area contributed by atoms with E-state index in [-0.39, 0.29) is 11.4 Å². The average Bonchev–Trinajstić information content (AvgIpc) is 2.41. The van der Waals surface area contributed by atoms with Crippen LogP contribution in [-0.2, 0) is 4.79 Å². The van der Waals surface area contributed by atoms with Crippen molar-refractivity contribution in [3.63, 3.8) is 0 Å². The lowest BCUT2D eigenvalue weighted by molar-refractivity contribution is -0.111. The second kappa shape index (κ2) is 5.82. The minimum Gasteiger partial charge on any atom is -0.506 e. The zero-order chi connectivity index (χ0) is 13.7. The maximum Gasteiger partial charge on any atom is 0.248 e. The molecule has 1 amide bonds. The third kappa shape index (κ3) is 3.67. The van der Waals surface area contributed by atoms with Crippen molar-refractivity contribution in [3.8, 4) is 5.75 Å². The predicted octanol–water partition coefficient (Wildman–Crippen LogP) is 3.18. The first-order valence-corrected chi connectivity index (χ1v) is 5.68. The Balaban J connectivity index is 2.04. The summed E-state index contributed by atoms with van der Waals surface area (Å²) >= 11 is 0. The summed E-state index contributed by atoms with van der Waals surface area (Å²) in [6, 6.07) is 12.7. The molecule has 0 saturated heterocycles. The molecule has 0 aliphatic heterocycles. The van der Waals surface area contributed by atoms with Gasteiger partial charge in [0.05, 0.1) is 5.69 Å². The fourth-order valence-corrected chi connectivity index (χ4v) is 1.52. The second-order valence-corrected chi connectivity index (χ2v) is 3.89. The quantitative estimate of drug-likeness (QED) is 0.655. The number of anilines is 1. The molecule has 0 atom stereocenters. The van der Waals surface area contributed by atoms with Crippen molar-refractivity contribution in [2.45, 2.75) is 0 Å². The van der Waals surface area contributed by atoms with E-state index in [9.17, 15) is 14.3 Å². The van der Waals surface area contributed by atoms with E-state index in [2.05, 4.69) is 5.32 Å². The first-order chi connectivity index (χ1) is 9.15. The van der Waals surface area contributed by atoms with E-state index in [4.69, 9.17) is 0 Å². The highest BCUT2D eigenvalue weighted by molar-refractivity contribution is 6.02. The van der Waals surface area contributed by atoms with E-state index in [0.717, 1.165) is 17.7 Å². The summed E-state index contributed by atoms with van der Waals surface area (Å²) in [6.45, 7) is 0. The number of hydrogen-bond acceptors (Lipinski definition) is 2. The number of carbonyl (C=O) groups excluding carboxylic acids is 1. The number of halogens is 1. The fraction of sp³-hybridized carbons (Fsp3) is 0. The smallest absolute Gasteiger partial charge is 0.248 e. The molecule has 96 valence electrons. The first kappa shape index (κ1) is 12.8. The summed E-state index contributed by atoms with van der Waals surface area (Å²) in [5, 5.41) is 11.9. The van der Waals surface area contributed by atoms with Gasteiger partial charge in [0.1, 0.15) is 11.6 Å². The molecule has 2 aromatic rings. The molecule has 0 aliphatic carbocycles. The molecule has 2 aromatic carbocycles. The Morgan fingerprint density at radius 3 is 2.58 bits per heavy atom. The Kier molecular flexibility index (Phi) is 3.93. The monoisotopic (exact) mass is 257 g/mol. The lowest BCUT2D eigenvalue weighted by atomic mass is 10.2. The molecule has 0 spiro atoms. The maximum atomic E-state index is 12.8. The number of aromatic hydroxyl groups is 1. The van der Waals surface area contributed by atoms with Gasteiger partial charge in [0.2, 0.25) is 5.91 Å². The zero-order valence-electron chi connectivity index (χ0n) is 10.0. The van der Waals surface area contributed by atoms with Crippen molar-refractivity contribution < 1.29 is 14.3 Å². The van der Waals surface area contributed by atoms with E-state index in [0.29, 0.717) is 0 Å². The van der Waals surface area contributed by atoms with Gasteiger partial charge in [-0.2, -0.15) is 0 Å². The summed E-state index contributed by atoms with van der Waals surface area (Å²) in [5.74, 6) is -1.26. The van der Waals surface area contributed by atoms with Crippen LogP contribution >= 0.6 is 0 Å². The van der Waals surface area contributed by atoms with Crippen LogP contribution in [0.5, 0.6) is 5.75 Å². The van der Waals surface area contributed by atoms with Crippen molar-refractivity contribution in [2.24, 2.45) is 0 Å². The van der Waals surface area contributed by atoms with E-state index in [1.54, 1.807) is 6.08 Å². The number of phenolic OH excluding ortho intramolecular Hbond substituents is 1. The van der Waals surface area contributed by atoms with Gasteiger partial charge in [0.15, 0.2) is 0 Å². The van der Waals surface area contributed by atoms with Gasteiger partial charge in [-0.1, -0.05) is 30.3 Å². The molecule has 0 aromatic heterocycles. The predicted molar refractivity (Wildman–Crippen MR) is 72.2 cm³/mol. The van der Waals surface area contributed by atoms with Crippen LogP contribution in [-0.4, -0.2) is 11.0 Å². The number of benzene rings is 2. The van der Waals surface area contributed by atoms with Crippen LogP contribution in [0.1, 0.15) is 5.56 Å². The Labute approximate surface area is 110 Å². The van der Waals surface area contributed by atoms with Gasteiger partial charge < -0.3 is 10.4 Å². The van der Waals surface area contributed by atoms with Crippen molar-refractivity contribution in [2.75, 3.05) is 5.32 Å². The van der Waals surface area contributed by atoms with Gasteiger partial charge in [-0.15, -0.1) is 0 Å². The SMILES string of the molecule is O=C(C=Cc1ccccc1)Nc1ccc(F)cc1O. The molecule has 0 aliphatic rings. The Bertz CT molecular complexity index is 609. The van der Waals surface area contributed by atoms with Crippen LogP contribution in [0.2, 0.25) is 0 Å². The first-order valence-electron chi connectivity index (χ1n) is 5.68. The number of amides is 1. The highest BCUT2D eigenvalue weighted by Crippen LogP contribution is 2.23. The summed E-state index contributed by atoms with van der Waals surface area (Å²) in [5.41, 5.74) is 1.06. The fourth-order valence-electron chi connectivity index (χ4n) is 1.52. The van der Waals surface area contributed by atoms with Crippen LogP contribution in [0.15, 0.2) is 54.6 Å². The third-order valence-corrected chi connectivity index (χ3v) is 2.44. The van der Waals surface area contributed by atoms with Crippen LogP contribution in [0, 0.1) is 5.82 Å². The highest BCUT2D eigenvalue weighted by Gasteiger charge is 2.04. The van der Waals surface area contributed by atoms with Crippen LogP contribution in [0.25, 0.3) is 6.08 Å². The highest BCUT2D eigenvalue weighted by atomic mass is 19.1. The number of carbonyl (C=O) groups is 1. The lowest BCUT2D eigenvalue weighted by Gasteiger charge is -2.04. The number of hydrogen-bond donors (Lipinski definition) is 2. The Morgan fingerprint density at radius 2 is 1.89 bits per heavy atom. The maximum absolute atomic E-state index is 12.8. The van der Waals surface area contributed by atoms with Crippen molar-refractivity contribution >= 4 is 17.7 Å². The number of phenols is 1. The molecule has 0 unspecified atom stereocenters. The van der Waals surface area contributed by atoms with Crippen LogP contribution < -0.4 is 5.32 Å². The Morgan fingerprint density at radius 1 is 1.16 bits per heavy atom. The van der Waals surface area contributed by atoms with E-state index >= 15 is 0 Å². The van der Waals surface area contributed by atoms with Crippen LogP contribution in [0.3, 0.4) is 0 Å². The van der Waals surface area contributed by atoms with Crippen molar-refractivity contribution in [1.29, 1.82) is 0 Å². The molecule has 0 radical (unpaired) electrons. The van der Waals surface area contributed by atoms with Gasteiger partial charge in [-0.3, -0.25) is 4.79 Å². The molecule has 2 N–H and O–H groups in total. The van der Waals surface area contributed by atoms with E-state index in [1.165, 1.54) is 12.1 Å². The summed E-state index contributed by atoms with van der Waals surface area (Å²) in [4.78, 5) is 11.6. The zero-order valence-corrected chi connectivity index (χ0v) is 10.0. The molecule has 19 heavy (non-hydrogen) atoms. The van der Waals surface area contributed by atoms with Gasteiger partial charge >= 0.3 is 0 Å². The average molecular weight is 257 g/mol. The largest absolute Gasteiger partial charge is 0.506 e. The molecule has 3 nitrogen and oxygen atoms in total. The molecular weight excluding hydrogens is 245 g/mol. The normalized spacial score (nSPS) is 10.6. The van der Waals surface area contributed by atoms with Gasteiger partial charge in [0.25, 0.3) is 0 Å². The molecular formula is C15H12FNO2. The standard InChI is InChI=1S/C15H12FNO2/c16-12-7-8-13(14(18)10-12)17-15(19)9-6-11-4-2-1-3-5-11/h1-10,18H,(H,17,19). The minimum absolute atomic E-state index is 0.170. The van der Waals surface area contributed by atoms with E-state index < -0.39 is 11.7 Å². The minimum atomic E-state index is -0.560. The molecule has 0 bridgehead atoms. The number of rotatable bonds is 3. The Hall–Kier alpha value is -2.62. The van der Waals surface area contributed by atoms with E-state index in [1.807, 2.05) is 30.3 Å². The molecule has 0 saturated carbocycles. The molecule has 2 rings (SSSR count). The second-order valence-electron chi connectivity index (χ2n) is 3.89.